The second-order valence-electron chi connectivity index (χ2n) is 7.95. The Labute approximate surface area is 184 Å². The molecular weight excluding hydrogens is 406 g/mol. The zero-order valence-corrected chi connectivity index (χ0v) is 17.5. The summed E-state index contributed by atoms with van der Waals surface area (Å²) in [5.41, 5.74) is 3.48. The van der Waals surface area contributed by atoms with E-state index in [1.54, 1.807) is 24.7 Å². The van der Waals surface area contributed by atoms with Crippen molar-refractivity contribution in [2.24, 2.45) is 0 Å². The summed E-state index contributed by atoms with van der Waals surface area (Å²) in [7, 11) is 0. The number of carbonyl (C=O) groups excluding carboxylic acids is 1. The zero-order chi connectivity index (χ0) is 22.1. The molecule has 3 aromatic heterocycles. The van der Waals surface area contributed by atoms with Crippen LogP contribution in [-0.2, 0) is 16.0 Å². The van der Waals surface area contributed by atoms with Gasteiger partial charge in [0.2, 0.25) is 5.91 Å². The number of benzene rings is 1. The van der Waals surface area contributed by atoms with Gasteiger partial charge in [0, 0.05) is 18.0 Å². The quantitative estimate of drug-likeness (QED) is 0.531. The zero-order valence-electron chi connectivity index (χ0n) is 17.5. The van der Waals surface area contributed by atoms with E-state index in [4.69, 9.17) is 9.72 Å². The lowest BCUT2D eigenvalue weighted by Gasteiger charge is -2.30. The largest absolute Gasteiger partial charge is 0.378 e. The summed E-state index contributed by atoms with van der Waals surface area (Å²) < 4.78 is 7.91. The summed E-state index contributed by atoms with van der Waals surface area (Å²) in [6, 6.07) is 7.78. The minimum absolute atomic E-state index is 0.0920. The van der Waals surface area contributed by atoms with Gasteiger partial charge in [0.05, 0.1) is 59.5 Å². The van der Waals surface area contributed by atoms with Gasteiger partial charge in [-0.1, -0.05) is 0 Å². The number of pyridine rings is 1. The Bertz CT molecular complexity index is 1340. The highest BCUT2D eigenvalue weighted by molar-refractivity contribution is 6.03. The average molecular weight is 427 g/mol. The van der Waals surface area contributed by atoms with E-state index in [0.29, 0.717) is 29.2 Å². The lowest BCUT2D eigenvalue weighted by molar-refractivity contribution is -0.115. The fourth-order valence-electron chi connectivity index (χ4n) is 4.33. The molecule has 0 radical (unpaired) electrons. The van der Waals surface area contributed by atoms with Gasteiger partial charge < -0.3 is 14.6 Å². The molecule has 1 aliphatic heterocycles. The van der Waals surface area contributed by atoms with E-state index in [9.17, 15) is 10.1 Å². The van der Waals surface area contributed by atoms with Crippen LogP contribution in [0.5, 0.6) is 0 Å². The van der Waals surface area contributed by atoms with E-state index < -0.39 is 0 Å². The molecule has 1 fully saturated rings. The number of carbonyl (C=O) groups is 1. The minimum Gasteiger partial charge on any atom is -0.378 e. The molecule has 4 aromatic rings. The van der Waals surface area contributed by atoms with Crippen LogP contribution in [0.1, 0.15) is 37.2 Å². The summed E-state index contributed by atoms with van der Waals surface area (Å²) in [5, 5.41) is 13.1. The van der Waals surface area contributed by atoms with E-state index in [1.807, 2.05) is 12.1 Å². The molecule has 0 saturated carbocycles. The molecule has 1 amide bonds. The SMILES string of the molecule is C[C@@H]1C[C@H](n2c(CC(=O)Nc3cncnc3)nc3cnc4ccc(C#N)cc4c32)CCO1. The molecule has 5 rings (SSSR count). The van der Waals surface area contributed by atoms with Crippen LogP contribution in [0.25, 0.3) is 21.9 Å². The van der Waals surface area contributed by atoms with Gasteiger partial charge in [0.25, 0.3) is 0 Å². The van der Waals surface area contributed by atoms with Crippen molar-refractivity contribution in [1.29, 1.82) is 5.26 Å². The van der Waals surface area contributed by atoms with Gasteiger partial charge in [-0.25, -0.2) is 15.0 Å². The molecule has 0 spiro atoms. The molecule has 4 heterocycles. The van der Waals surface area contributed by atoms with Crippen LogP contribution in [0.3, 0.4) is 0 Å². The first-order valence-electron chi connectivity index (χ1n) is 10.5. The number of nitriles is 1. The van der Waals surface area contributed by atoms with Gasteiger partial charge in [-0.2, -0.15) is 5.26 Å². The Morgan fingerprint density at radius 2 is 2.12 bits per heavy atom. The lowest BCUT2D eigenvalue weighted by Crippen LogP contribution is -2.27. The summed E-state index contributed by atoms with van der Waals surface area (Å²) in [5.74, 6) is 0.455. The molecule has 1 aliphatic rings. The molecule has 2 atom stereocenters. The number of nitrogens with one attached hydrogen (secondary N) is 1. The number of hydrogen-bond acceptors (Lipinski definition) is 7. The Morgan fingerprint density at radius 1 is 1.28 bits per heavy atom. The van der Waals surface area contributed by atoms with Crippen LogP contribution in [0.15, 0.2) is 43.1 Å². The smallest absolute Gasteiger partial charge is 0.232 e. The Kier molecular flexibility index (Phi) is 5.21. The van der Waals surface area contributed by atoms with Gasteiger partial charge in [0.15, 0.2) is 0 Å². The molecule has 0 unspecified atom stereocenters. The first kappa shape index (κ1) is 20.0. The molecule has 9 nitrogen and oxygen atoms in total. The third-order valence-corrected chi connectivity index (χ3v) is 5.70. The topological polar surface area (TPSA) is 119 Å². The fraction of sp³-hybridized carbons (Fsp3) is 0.304. The molecule has 9 heteroatoms. The highest BCUT2D eigenvalue weighted by Crippen LogP contribution is 2.34. The van der Waals surface area contributed by atoms with Gasteiger partial charge in [0.1, 0.15) is 17.7 Å². The number of rotatable bonds is 4. The van der Waals surface area contributed by atoms with Crippen LogP contribution < -0.4 is 5.32 Å². The normalized spacial score (nSPS) is 18.5. The number of nitrogens with zero attached hydrogens (tertiary/aromatic N) is 6. The van der Waals surface area contributed by atoms with Gasteiger partial charge in [-0.3, -0.25) is 9.78 Å². The third-order valence-electron chi connectivity index (χ3n) is 5.70. The van der Waals surface area contributed by atoms with Crippen LogP contribution in [0, 0.1) is 11.3 Å². The van der Waals surface area contributed by atoms with Crippen molar-refractivity contribution in [3.63, 3.8) is 0 Å². The van der Waals surface area contributed by atoms with Crippen molar-refractivity contribution >= 4 is 33.5 Å². The molecule has 1 N–H and O–H groups in total. The number of anilines is 1. The predicted octanol–water partition coefficient (Wildman–Crippen LogP) is 3.17. The maximum absolute atomic E-state index is 12.8. The summed E-state index contributed by atoms with van der Waals surface area (Å²) in [4.78, 5) is 30.0. The standard InChI is InChI=1S/C23H21N7O2/c1-14-6-17(4-5-32-14)30-21(8-22(31)28-16-10-25-13-26-11-16)29-20-12-27-19-3-2-15(9-24)7-18(19)23(20)30/h2-3,7,10-14,17H,4-6,8H2,1H3,(H,28,31)/t14-,17-/m1/s1. The van der Waals surface area contributed by atoms with Gasteiger partial charge >= 0.3 is 0 Å². The Hall–Kier alpha value is -3.90. The monoisotopic (exact) mass is 427 g/mol. The van der Waals surface area contributed by atoms with Crippen molar-refractivity contribution in [3.8, 4) is 6.07 Å². The van der Waals surface area contributed by atoms with Crippen molar-refractivity contribution in [2.45, 2.75) is 38.3 Å². The van der Waals surface area contributed by atoms with Crippen LogP contribution in [0.4, 0.5) is 5.69 Å². The molecule has 160 valence electrons. The Morgan fingerprint density at radius 3 is 2.91 bits per heavy atom. The molecule has 1 saturated heterocycles. The van der Waals surface area contributed by atoms with E-state index in [-0.39, 0.29) is 24.5 Å². The van der Waals surface area contributed by atoms with E-state index in [1.165, 1.54) is 6.33 Å². The lowest BCUT2D eigenvalue weighted by atomic mass is 10.0. The van der Waals surface area contributed by atoms with Crippen molar-refractivity contribution in [3.05, 3.63) is 54.5 Å². The molecule has 0 aliphatic carbocycles. The van der Waals surface area contributed by atoms with E-state index in [2.05, 4.69) is 37.8 Å². The summed E-state index contributed by atoms with van der Waals surface area (Å²) in [6.45, 7) is 2.70. The van der Waals surface area contributed by atoms with Crippen LogP contribution in [0.2, 0.25) is 0 Å². The first-order chi connectivity index (χ1) is 15.6. The van der Waals surface area contributed by atoms with Crippen molar-refractivity contribution in [2.75, 3.05) is 11.9 Å². The number of imidazole rings is 1. The van der Waals surface area contributed by atoms with Crippen molar-refractivity contribution in [1.82, 2.24) is 24.5 Å². The summed E-state index contributed by atoms with van der Waals surface area (Å²) in [6.07, 6.45) is 8.08. The molecule has 1 aromatic carbocycles. The number of ether oxygens (including phenoxy) is 1. The maximum atomic E-state index is 12.8. The summed E-state index contributed by atoms with van der Waals surface area (Å²) >= 11 is 0. The number of hydrogen-bond donors (Lipinski definition) is 1. The van der Waals surface area contributed by atoms with Crippen molar-refractivity contribution < 1.29 is 9.53 Å². The highest BCUT2D eigenvalue weighted by Gasteiger charge is 2.27. The first-order valence-corrected chi connectivity index (χ1v) is 10.5. The number of fused-ring (bicyclic) bond motifs is 3. The highest BCUT2D eigenvalue weighted by atomic mass is 16.5. The van der Waals surface area contributed by atoms with E-state index >= 15 is 0 Å². The fourth-order valence-corrected chi connectivity index (χ4v) is 4.33. The van der Waals surface area contributed by atoms with Crippen LogP contribution in [-0.4, -0.2) is 43.1 Å². The number of aromatic nitrogens is 5. The maximum Gasteiger partial charge on any atom is 0.232 e. The van der Waals surface area contributed by atoms with Gasteiger partial charge in [-0.05, 0) is 38.0 Å². The third kappa shape index (κ3) is 3.76. The minimum atomic E-state index is -0.202. The molecule has 32 heavy (non-hydrogen) atoms. The van der Waals surface area contributed by atoms with Crippen LogP contribution >= 0.6 is 0 Å². The molecular formula is C23H21N7O2. The second kappa shape index (κ2) is 8.32. The second-order valence-corrected chi connectivity index (χ2v) is 7.95. The number of amides is 1. The van der Waals surface area contributed by atoms with Gasteiger partial charge in [-0.15, -0.1) is 0 Å². The predicted molar refractivity (Wildman–Crippen MR) is 118 cm³/mol. The van der Waals surface area contributed by atoms with E-state index in [0.717, 1.165) is 29.3 Å². The Balaban J connectivity index is 1.63. The average Bonchev–Trinajstić information content (AvgIpc) is 3.17. The molecule has 0 bridgehead atoms.